The fourth-order valence-electron chi connectivity index (χ4n) is 1.47. The Labute approximate surface area is 82.1 Å². The summed E-state index contributed by atoms with van der Waals surface area (Å²) in [6, 6.07) is 1.93. The molecule has 2 aromatic rings. The van der Waals surface area contributed by atoms with E-state index in [9.17, 15) is 0 Å². The average Bonchev–Trinajstić information content (AvgIpc) is 2.60. The van der Waals surface area contributed by atoms with Crippen molar-refractivity contribution in [3.63, 3.8) is 0 Å². The lowest BCUT2D eigenvalue weighted by molar-refractivity contribution is 0.692. The summed E-state index contributed by atoms with van der Waals surface area (Å²) >= 11 is 0. The van der Waals surface area contributed by atoms with Crippen molar-refractivity contribution in [3.8, 4) is 5.82 Å². The predicted octanol–water partition coefficient (Wildman–Crippen LogP) is 0.805. The second kappa shape index (κ2) is 2.87. The zero-order valence-corrected chi connectivity index (χ0v) is 8.52. The Balaban J connectivity index is 2.61. The number of nitrogen functional groups attached to an aromatic ring is 1. The molecule has 0 radical (unpaired) electrons. The molecule has 2 N–H and O–H groups in total. The van der Waals surface area contributed by atoms with E-state index in [-0.39, 0.29) is 0 Å². The summed E-state index contributed by atoms with van der Waals surface area (Å²) in [6.07, 6.45) is 1.88. The molecule has 5 heteroatoms. The molecule has 0 aliphatic rings. The number of nitrogens with two attached hydrogens (primary N) is 1. The van der Waals surface area contributed by atoms with E-state index in [2.05, 4.69) is 10.2 Å². The molecule has 2 rings (SSSR count). The predicted molar refractivity (Wildman–Crippen MR) is 54.2 cm³/mol. The molecule has 0 unspecified atom stereocenters. The second-order valence-electron chi connectivity index (χ2n) is 3.35. The van der Waals surface area contributed by atoms with Gasteiger partial charge in [-0.15, -0.1) is 0 Å². The summed E-state index contributed by atoms with van der Waals surface area (Å²) < 4.78 is 3.47. The lowest BCUT2D eigenvalue weighted by atomic mass is 10.4. The molecule has 0 aliphatic heterocycles. The number of aromatic nitrogens is 4. The fourth-order valence-corrected chi connectivity index (χ4v) is 1.47. The Morgan fingerprint density at radius 2 is 2.00 bits per heavy atom. The van der Waals surface area contributed by atoms with Gasteiger partial charge in [-0.1, -0.05) is 0 Å². The highest BCUT2D eigenvalue weighted by Crippen LogP contribution is 2.19. The van der Waals surface area contributed by atoms with Gasteiger partial charge in [-0.3, -0.25) is 0 Å². The molecule has 2 heterocycles. The van der Waals surface area contributed by atoms with Gasteiger partial charge in [0.05, 0.1) is 17.1 Å². The lowest BCUT2D eigenvalue weighted by Crippen LogP contribution is -2.05. The normalized spacial score (nSPS) is 10.8. The number of hydrogen-bond acceptors (Lipinski definition) is 3. The summed E-state index contributed by atoms with van der Waals surface area (Å²) in [5, 5.41) is 8.52. The van der Waals surface area contributed by atoms with Crippen molar-refractivity contribution in [2.45, 2.75) is 13.8 Å². The minimum atomic E-state index is 0.676. The first kappa shape index (κ1) is 8.80. The Kier molecular flexibility index (Phi) is 1.80. The first-order chi connectivity index (χ1) is 6.59. The summed E-state index contributed by atoms with van der Waals surface area (Å²) in [5.41, 5.74) is 8.37. The topological polar surface area (TPSA) is 61.7 Å². The van der Waals surface area contributed by atoms with Crippen LogP contribution in [-0.4, -0.2) is 19.6 Å². The third-order valence-corrected chi connectivity index (χ3v) is 2.18. The molecule has 2 aromatic heterocycles. The molecular formula is C9H13N5. The van der Waals surface area contributed by atoms with Crippen LogP contribution < -0.4 is 5.73 Å². The van der Waals surface area contributed by atoms with Crippen LogP contribution in [0.2, 0.25) is 0 Å². The Morgan fingerprint density at radius 1 is 1.29 bits per heavy atom. The van der Waals surface area contributed by atoms with Crippen molar-refractivity contribution < 1.29 is 0 Å². The average molecular weight is 191 g/mol. The summed E-state index contributed by atoms with van der Waals surface area (Å²) in [7, 11) is 1.86. The minimum Gasteiger partial charge on any atom is -0.394 e. The van der Waals surface area contributed by atoms with Crippen molar-refractivity contribution in [3.05, 3.63) is 23.7 Å². The van der Waals surface area contributed by atoms with Gasteiger partial charge < -0.3 is 5.73 Å². The van der Waals surface area contributed by atoms with Crippen LogP contribution in [0.4, 0.5) is 5.69 Å². The van der Waals surface area contributed by atoms with Crippen LogP contribution >= 0.6 is 0 Å². The largest absolute Gasteiger partial charge is 0.394 e. The molecule has 0 atom stereocenters. The van der Waals surface area contributed by atoms with Gasteiger partial charge in [0.15, 0.2) is 5.82 Å². The van der Waals surface area contributed by atoms with Gasteiger partial charge in [-0.05, 0) is 19.9 Å². The molecule has 5 nitrogen and oxygen atoms in total. The highest BCUT2D eigenvalue weighted by Gasteiger charge is 2.11. The van der Waals surface area contributed by atoms with Crippen LogP contribution in [0.3, 0.4) is 0 Å². The molecule has 0 saturated heterocycles. The van der Waals surface area contributed by atoms with Crippen molar-refractivity contribution in [1.29, 1.82) is 0 Å². The van der Waals surface area contributed by atoms with Gasteiger partial charge in [0.2, 0.25) is 0 Å². The minimum absolute atomic E-state index is 0.676. The lowest BCUT2D eigenvalue weighted by Gasteiger charge is -2.02. The number of rotatable bonds is 1. The smallest absolute Gasteiger partial charge is 0.175 e. The Morgan fingerprint density at radius 3 is 2.43 bits per heavy atom. The molecular weight excluding hydrogens is 178 g/mol. The van der Waals surface area contributed by atoms with Crippen LogP contribution in [0, 0.1) is 13.8 Å². The standard InChI is InChI=1S/C9H13N5/c1-6-4-5-14(11-6)9-8(10)7(2)12-13(9)3/h4-5H,10H2,1-3H3. The van der Waals surface area contributed by atoms with E-state index in [1.165, 1.54) is 0 Å². The van der Waals surface area contributed by atoms with E-state index in [0.29, 0.717) is 5.69 Å². The van der Waals surface area contributed by atoms with Crippen LogP contribution in [0.15, 0.2) is 12.3 Å². The van der Waals surface area contributed by atoms with Crippen molar-refractivity contribution in [2.75, 3.05) is 5.73 Å². The molecule has 0 saturated carbocycles. The maximum atomic E-state index is 5.90. The van der Waals surface area contributed by atoms with E-state index in [4.69, 9.17) is 5.73 Å². The highest BCUT2D eigenvalue weighted by atomic mass is 15.4. The van der Waals surface area contributed by atoms with Gasteiger partial charge in [0.1, 0.15) is 0 Å². The third-order valence-electron chi connectivity index (χ3n) is 2.18. The third kappa shape index (κ3) is 1.17. The van der Waals surface area contributed by atoms with Crippen molar-refractivity contribution >= 4 is 5.69 Å². The molecule has 14 heavy (non-hydrogen) atoms. The molecule has 0 bridgehead atoms. The monoisotopic (exact) mass is 191 g/mol. The van der Waals surface area contributed by atoms with E-state index in [1.54, 1.807) is 9.36 Å². The molecule has 0 aliphatic carbocycles. The number of anilines is 1. The zero-order chi connectivity index (χ0) is 10.3. The maximum absolute atomic E-state index is 5.90. The van der Waals surface area contributed by atoms with Gasteiger partial charge in [0, 0.05) is 13.2 Å². The Bertz CT molecular complexity index is 466. The van der Waals surface area contributed by atoms with Crippen LogP contribution in [0.1, 0.15) is 11.4 Å². The fraction of sp³-hybridized carbons (Fsp3) is 0.333. The highest BCUT2D eigenvalue weighted by molar-refractivity contribution is 5.56. The van der Waals surface area contributed by atoms with Crippen LogP contribution in [-0.2, 0) is 7.05 Å². The van der Waals surface area contributed by atoms with Crippen LogP contribution in [0.25, 0.3) is 5.82 Å². The van der Waals surface area contributed by atoms with Crippen LogP contribution in [0.5, 0.6) is 0 Å². The van der Waals surface area contributed by atoms with Gasteiger partial charge in [-0.25, -0.2) is 9.36 Å². The number of hydrogen-bond donors (Lipinski definition) is 1. The molecule has 74 valence electrons. The first-order valence-corrected chi connectivity index (χ1v) is 4.41. The van der Waals surface area contributed by atoms with Gasteiger partial charge in [0.25, 0.3) is 0 Å². The summed E-state index contributed by atoms with van der Waals surface area (Å²) in [5.74, 6) is 0.815. The molecule has 0 aromatic carbocycles. The maximum Gasteiger partial charge on any atom is 0.175 e. The number of nitrogens with zero attached hydrogens (tertiary/aromatic N) is 4. The molecule has 0 spiro atoms. The Hall–Kier alpha value is -1.78. The van der Waals surface area contributed by atoms with E-state index in [0.717, 1.165) is 17.2 Å². The number of aryl methyl sites for hydroxylation is 3. The van der Waals surface area contributed by atoms with Crippen molar-refractivity contribution in [2.24, 2.45) is 7.05 Å². The SMILES string of the molecule is Cc1ccn(-c2c(N)c(C)nn2C)n1. The molecule has 0 fully saturated rings. The van der Waals surface area contributed by atoms with E-state index >= 15 is 0 Å². The quantitative estimate of drug-likeness (QED) is 0.725. The van der Waals surface area contributed by atoms with E-state index in [1.807, 2.05) is 33.2 Å². The zero-order valence-electron chi connectivity index (χ0n) is 8.52. The summed E-state index contributed by atoms with van der Waals surface area (Å²) in [6.45, 7) is 3.82. The van der Waals surface area contributed by atoms with Gasteiger partial charge in [-0.2, -0.15) is 10.2 Å². The summed E-state index contributed by atoms with van der Waals surface area (Å²) in [4.78, 5) is 0. The first-order valence-electron chi connectivity index (χ1n) is 4.41. The van der Waals surface area contributed by atoms with Crippen molar-refractivity contribution in [1.82, 2.24) is 19.6 Å². The molecule has 0 amide bonds. The van der Waals surface area contributed by atoms with Gasteiger partial charge >= 0.3 is 0 Å². The second-order valence-corrected chi connectivity index (χ2v) is 3.35. The van der Waals surface area contributed by atoms with E-state index < -0.39 is 0 Å².